The maximum Gasteiger partial charge on any atom is 0.269 e. The van der Waals surface area contributed by atoms with Crippen LogP contribution in [-0.2, 0) is 16.0 Å². The SMILES string of the molecule is Cc1ccc(NC(=O)/C(C#N)=C2\S[C@@H](Cc3ccccc3C)C(=O)N2c2ccc(Cl)cc2)cc1. The molecule has 0 saturated carbocycles. The predicted octanol–water partition coefficient (Wildman–Crippen LogP) is 6.02. The number of amides is 2. The number of thioether (sulfide) groups is 1. The summed E-state index contributed by atoms with van der Waals surface area (Å²) in [5.74, 6) is -0.737. The molecule has 0 unspecified atom stereocenters. The fourth-order valence-electron chi connectivity index (χ4n) is 3.68. The fourth-order valence-corrected chi connectivity index (χ4v) is 5.10. The number of carbonyl (C=O) groups is 2. The molecule has 1 aliphatic rings. The number of halogens is 1. The number of hydrogen-bond acceptors (Lipinski definition) is 4. The molecule has 3 aromatic rings. The second-order valence-corrected chi connectivity index (χ2v) is 9.63. The monoisotopic (exact) mass is 487 g/mol. The quantitative estimate of drug-likeness (QED) is 0.352. The summed E-state index contributed by atoms with van der Waals surface area (Å²) in [7, 11) is 0. The van der Waals surface area contributed by atoms with Crippen molar-refractivity contribution < 1.29 is 9.59 Å². The first-order chi connectivity index (χ1) is 16.4. The van der Waals surface area contributed by atoms with Gasteiger partial charge in [0.05, 0.1) is 5.25 Å². The van der Waals surface area contributed by atoms with Gasteiger partial charge in [0.2, 0.25) is 5.91 Å². The van der Waals surface area contributed by atoms with Gasteiger partial charge in [-0.25, -0.2) is 0 Å². The van der Waals surface area contributed by atoms with Crippen LogP contribution >= 0.6 is 23.4 Å². The highest BCUT2D eigenvalue weighted by Crippen LogP contribution is 2.42. The summed E-state index contributed by atoms with van der Waals surface area (Å²) >= 11 is 7.29. The topological polar surface area (TPSA) is 73.2 Å². The predicted molar refractivity (Wildman–Crippen MR) is 138 cm³/mol. The van der Waals surface area contributed by atoms with Crippen LogP contribution < -0.4 is 10.2 Å². The summed E-state index contributed by atoms with van der Waals surface area (Å²) < 4.78 is 0. The van der Waals surface area contributed by atoms with Crippen LogP contribution in [0.15, 0.2) is 83.4 Å². The highest BCUT2D eigenvalue weighted by atomic mass is 35.5. The van der Waals surface area contributed by atoms with Crippen molar-refractivity contribution in [2.75, 3.05) is 10.2 Å². The zero-order chi connectivity index (χ0) is 24.2. The zero-order valence-corrected chi connectivity index (χ0v) is 20.3. The Kier molecular flexibility index (Phi) is 7.06. The average Bonchev–Trinajstić information content (AvgIpc) is 3.13. The smallest absolute Gasteiger partial charge is 0.269 e. The summed E-state index contributed by atoms with van der Waals surface area (Å²) in [5, 5.41) is 13.1. The number of aryl methyl sites for hydroxylation is 2. The third kappa shape index (κ3) is 5.01. The number of carbonyl (C=O) groups excluding carboxylic acids is 2. The number of rotatable bonds is 5. The summed E-state index contributed by atoms with van der Waals surface area (Å²) in [6.45, 7) is 3.95. The van der Waals surface area contributed by atoms with Crippen LogP contribution in [0.25, 0.3) is 0 Å². The van der Waals surface area contributed by atoms with E-state index in [1.165, 1.54) is 16.7 Å². The lowest BCUT2D eigenvalue weighted by Gasteiger charge is -2.19. The van der Waals surface area contributed by atoms with Crippen LogP contribution in [-0.4, -0.2) is 17.1 Å². The Labute approximate surface area is 208 Å². The Hall–Kier alpha value is -3.53. The summed E-state index contributed by atoms with van der Waals surface area (Å²) in [4.78, 5) is 28.1. The van der Waals surface area contributed by atoms with E-state index in [2.05, 4.69) is 5.32 Å². The van der Waals surface area contributed by atoms with Crippen LogP contribution in [0.1, 0.15) is 16.7 Å². The van der Waals surface area contributed by atoms with E-state index in [0.717, 1.165) is 16.7 Å². The van der Waals surface area contributed by atoms with Gasteiger partial charge in [0.1, 0.15) is 16.7 Å². The van der Waals surface area contributed by atoms with Crippen LogP contribution in [0.4, 0.5) is 11.4 Å². The van der Waals surface area contributed by atoms with Crippen LogP contribution in [0, 0.1) is 25.2 Å². The van der Waals surface area contributed by atoms with Gasteiger partial charge in [-0.05, 0) is 67.8 Å². The number of nitrogens with zero attached hydrogens (tertiary/aromatic N) is 2. The largest absolute Gasteiger partial charge is 0.321 e. The molecule has 4 rings (SSSR count). The van der Waals surface area contributed by atoms with Gasteiger partial charge in [-0.1, -0.05) is 65.3 Å². The Bertz CT molecular complexity index is 1310. The molecular weight excluding hydrogens is 466 g/mol. The van der Waals surface area contributed by atoms with Crippen LogP contribution in [0.3, 0.4) is 0 Å². The molecule has 1 saturated heterocycles. The van der Waals surface area contributed by atoms with Gasteiger partial charge in [0.25, 0.3) is 5.91 Å². The van der Waals surface area contributed by atoms with E-state index in [1.807, 2.05) is 56.3 Å². The molecule has 1 N–H and O–H groups in total. The van der Waals surface area contributed by atoms with Crippen molar-refractivity contribution in [3.8, 4) is 6.07 Å². The normalized spacial score (nSPS) is 16.8. The number of nitrogens with one attached hydrogen (secondary N) is 1. The lowest BCUT2D eigenvalue weighted by molar-refractivity contribution is -0.117. The Morgan fingerprint density at radius 2 is 1.74 bits per heavy atom. The lowest BCUT2D eigenvalue weighted by atomic mass is 10.0. The van der Waals surface area contributed by atoms with Gasteiger partial charge in [-0.15, -0.1) is 0 Å². The third-order valence-corrected chi connectivity index (χ3v) is 7.08. The molecule has 7 heteroatoms. The maximum atomic E-state index is 13.6. The van der Waals surface area contributed by atoms with Crippen molar-refractivity contribution in [1.82, 2.24) is 0 Å². The van der Waals surface area contributed by atoms with E-state index in [0.29, 0.717) is 27.8 Å². The van der Waals surface area contributed by atoms with Crippen molar-refractivity contribution in [3.05, 3.63) is 105 Å². The van der Waals surface area contributed by atoms with Gasteiger partial charge < -0.3 is 5.32 Å². The zero-order valence-electron chi connectivity index (χ0n) is 18.7. The molecule has 0 bridgehead atoms. The second-order valence-electron chi connectivity index (χ2n) is 8.00. The molecule has 0 aromatic heterocycles. The van der Waals surface area contributed by atoms with E-state index in [4.69, 9.17) is 11.6 Å². The van der Waals surface area contributed by atoms with Crippen molar-refractivity contribution in [2.24, 2.45) is 0 Å². The van der Waals surface area contributed by atoms with Gasteiger partial charge >= 0.3 is 0 Å². The number of hydrogen-bond donors (Lipinski definition) is 1. The molecule has 1 heterocycles. The molecular formula is C27H22ClN3O2S. The molecule has 34 heavy (non-hydrogen) atoms. The highest BCUT2D eigenvalue weighted by Gasteiger charge is 2.41. The lowest BCUT2D eigenvalue weighted by Crippen LogP contribution is -2.31. The summed E-state index contributed by atoms with van der Waals surface area (Å²) in [6.07, 6.45) is 0.488. The van der Waals surface area contributed by atoms with Crippen molar-refractivity contribution in [3.63, 3.8) is 0 Å². The molecule has 1 aliphatic heterocycles. The first-order valence-electron chi connectivity index (χ1n) is 10.7. The minimum atomic E-state index is -0.558. The standard InChI is InChI=1S/C27H22ClN3O2S/c1-17-7-11-21(12-8-17)30-25(32)23(16-29)27-31(22-13-9-20(28)10-14-22)26(33)24(34-27)15-19-6-4-3-5-18(19)2/h3-14,24H,15H2,1-2H3,(H,30,32)/b27-23-/t24-/m0/s1. The van der Waals surface area contributed by atoms with Crippen molar-refractivity contribution in [2.45, 2.75) is 25.5 Å². The number of anilines is 2. The van der Waals surface area contributed by atoms with Crippen molar-refractivity contribution >= 4 is 46.6 Å². The van der Waals surface area contributed by atoms with E-state index in [9.17, 15) is 14.9 Å². The molecule has 3 aromatic carbocycles. The molecule has 0 radical (unpaired) electrons. The summed E-state index contributed by atoms with van der Waals surface area (Å²) in [5.41, 5.74) is 4.22. The second kappa shape index (κ2) is 10.2. The first-order valence-corrected chi connectivity index (χ1v) is 12.0. The molecule has 0 aliphatic carbocycles. The van der Waals surface area contributed by atoms with E-state index >= 15 is 0 Å². The first kappa shape index (κ1) is 23.6. The highest BCUT2D eigenvalue weighted by molar-refractivity contribution is 8.05. The van der Waals surface area contributed by atoms with Gasteiger partial charge in [-0.3, -0.25) is 14.5 Å². The van der Waals surface area contributed by atoms with Crippen molar-refractivity contribution in [1.29, 1.82) is 5.26 Å². The number of nitriles is 1. The molecule has 170 valence electrons. The van der Waals surface area contributed by atoms with E-state index in [-0.39, 0.29) is 11.5 Å². The van der Waals surface area contributed by atoms with Gasteiger partial charge in [-0.2, -0.15) is 5.26 Å². The Morgan fingerprint density at radius 1 is 1.06 bits per heavy atom. The third-order valence-electron chi connectivity index (χ3n) is 5.57. The average molecular weight is 488 g/mol. The Morgan fingerprint density at radius 3 is 2.38 bits per heavy atom. The van der Waals surface area contributed by atoms with E-state index in [1.54, 1.807) is 36.4 Å². The number of benzene rings is 3. The molecule has 1 fully saturated rings. The maximum absolute atomic E-state index is 13.6. The minimum absolute atomic E-state index is 0.110. The van der Waals surface area contributed by atoms with E-state index < -0.39 is 11.2 Å². The summed E-state index contributed by atoms with van der Waals surface area (Å²) in [6, 6.07) is 24.0. The molecule has 2 amide bonds. The van der Waals surface area contributed by atoms with Crippen LogP contribution in [0.5, 0.6) is 0 Å². The molecule has 0 spiro atoms. The fraction of sp³-hybridized carbons (Fsp3) is 0.148. The van der Waals surface area contributed by atoms with Crippen LogP contribution in [0.2, 0.25) is 5.02 Å². The Balaban J connectivity index is 1.73. The van der Waals surface area contributed by atoms with Gasteiger partial charge in [0.15, 0.2) is 0 Å². The molecule has 5 nitrogen and oxygen atoms in total. The minimum Gasteiger partial charge on any atom is -0.321 e. The van der Waals surface area contributed by atoms with Gasteiger partial charge in [0, 0.05) is 16.4 Å². The molecule has 1 atom stereocenters.